The van der Waals surface area contributed by atoms with E-state index in [1.165, 1.54) is 0 Å². The molecule has 1 aromatic rings. The average molecular weight is 180 g/mol. The Hall–Kier alpha value is -1.35. The molecule has 4 N–H and O–H groups in total. The van der Waals surface area contributed by atoms with Gasteiger partial charge in [0.05, 0.1) is 12.5 Å². The molecule has 0 fully saturated rings. The minimum atomic E-state index is -0.782. The van der Waals surface area contributed by atoms with E-state index in [0.717, 1.165) is 12.0 Å². The molecule has 1 rings (SSSR count). The van der Waals surface area contributed by atoms with E-state index in [0.29, 0.717) is 0 Å². The van der Waals surface area contributed by atoms with Gasteiger partial charge in [0.1, 0.15) is 0 Å². The molecule has 0 amide bonds. The third-order valence-electron chi connectivity index (χ3n) is 1.83. The van der Waals surface area contributed by atoms with E-state index in [-0.39, 0.29) is 12.5 Å². The fourth-order valence-corrected chi connectivity index (χ4v) is 1.27. The molecule has 3 heteroatoms. The number of hydrogen-bond acceptors (Lipinski definition) is 1. The SMILES string of the molecule is [NH3+]C(CC(=O)O)Cc1ccccc1. The number of carbonyl (C=O) groups is 1. The predicted molar refractivity (Wildman–Crippen MR) is 49.1 cm³/mol. The van der Waals surface area contributed by atoms with E-state index in [4.69, 9.17) is 5.11 Å². The van der Waals surface area contributed by atoms with Crippen LogP contribution in [0.15, 0.2) is 30.3 Å². The summed E-state index contributed by atoms with van der Waals surface area (Å²) in [6, 6.07) is 9.77. The first-order valence-corrected chi connectivity index (χ1v) is 4.27. The van der Waals surface area contributed by atoms with Crippen LogP contribution in [-0.2, 0) is 11.2 Å². The normalized spacial score (nSPS) is 12.4. The molecule has 0 aliphatic carbocycles. The summed E-state index contributed by atoms with van der Waals surface area (Å²) < 4.78 is 0. The summed E-state index contributed by atoms with van der Waals surface area (Å²) in [4.78, 5) is 10.4. The van der Waals surface area contributed by atoms with Gasteiger partial charge in [-0.1, -0.05) is 30.3 Å². The van der Waals surface area contributed by atoms with Crippen molar-refractivity contribution in [3.63, 3.8) is 0 Å². The summed E-state index contributed by atoms with van der Waals surface area (Å²) in [5, 5.41) is 8.52. The van der Waals surface area contributed by atoms with E-state index in [1.807, 2.05) is 30.3 Å². The standard InChI is InChI=1S/C10H13NO2/c11-9(7-10(12)13)6-8-4-2-1-3-5-8/h1-5,9H,6-7,11H2,(H,12,13)/p+1. The molecular formula is C10H14NO2+. The number of carboxylic acids is 1. The number of rotatable bonds is 4. The first-order chi connectivity index (χ1) is 6.18. The van der Waals surface area contributed by atoms with Crippen LogP contribution < -0.4 is 5.73 Å². The lowest BCUT2D eigenvalue weighted by Gasteiger charge is -2.04. The van der Waals surface area contributed by atoms with Gasteiger partial charge in [-0.15, -0.1) is 0 Å². The van der Waals surface area contributed by atoms with Gasteiger partial charge < -0.3 is 10.8 Å². The fraction of sp³-hybridized carbons (Fsp3) is 0.300. The monoisotopic (exact) mass is 180 g/mol. The molecular weight excluding hydrogens is 166 g/mol. The van der Waals surface area contributed by atoms with Gasteiger partial charge >= 0.3 is 5.97 Å². The molecule has 0 saturated carbocycles. The Bertz CT molecular complexity index is 272. The summed E-state index contributed by atoms with van der Waals surface area (Å²) in [6.07, 6.45) is 0.863. The lowest BCUT2D eigenvalue weighted by atomic mass is 10.0. The zero-order valence-corrected chi connectivity index (χ0v) is 7.44. The molecule has 1 unspecified atom stereocenters. The highest BCUT2D eigenvalue weighted by Gasteiger charge is 2.11. The summed E-state index contributed by atoms with van der Waals surface area (Å²) in [7, 11) is 0. The van der Waals surface area contributed by atoms with Crippen molar-refractivity contribution in [2.45, 2.75) is 18.9 Å². The molecule has 1 atom stereocenters. The van der Waals surface area contributed by atoms with Crippen LogP contribution in [0.5, 0.6) is 0 Å². The second kappa shape index (κ2) is 4.62. The number of hydrogen-bond donors (Lipinski definition) is 2. The number of quaternary nitrogens is 1. The van der Waals surface area contributed by atoms with Crippen molar-refractivity contribution < 1.29 is 15.6 Å². The summed E-state index contributed by atoms with van der Waals surface area (Å²) in [6.45, 7) is 0. The van der Waals surface area contributed by atoms with E-state index in [1.54, 1.807) is 0 Å². The Labute approximate surface area is 77.2 Å². The van der Waals surface area contributed by atoms with Crippen molar-refractivity contribution in [2.75, 3.05) is 0 Å². The Kier molecular flexibility index (Phi) is 3.46. The van der Waals surface area contributed by atoms with E-state index in [2.05, 4.69) is 5.73 Å². The zero-order valence-electron chi connectivity index (χ0n) is 7.44. The molecule has 1 aromatic carbocycles. The topological polar surface area (TPSA) is 64.9 Å². The molecule has 70 valence electrons. The van der Waals surface area contributed by atoms with Gasteiger partial charge in [0, 0.05) is 6.42 Å². The Morgan fingerprint density at radius 2 is 2.00 bits per heavy atom. The van der Waals surface area contributed by atoms with E-state index in [9.17, 15) is 4.79 Å². The van der Waals surface area contributed by atoms with E-state index < -0.39 is 5.97 Å². The molecule has 0 saturated heterocycles. The van der Waals surface area contributed by atoms with Crippen molar-refractivity contribution >= 4 is 5.97 Å². The van der Waals surface area contributed by atoms with Crippen molar-refractivity contribution in [2.24, 2.45) is 0 Å². The smallest absolute Gasteiger partial charge is 0.309 e. The van der Waals surface area contributed by atoms with Crippen LogP contribution >= 0.6 is 0 Å². The van der Waals surface area contributed by atoms with Gasteiger partial charge in [0.2, 0.25) is 0 Å². The summed E-state index contributed by atoms with van der Waals surface area (Å²) in [5.74, 6) is -0.782. The van der Waals surface area contributed by atoms with Crippen LogP contribution in [0.3, 0.4) is 0 Å². The predicted octanol–water partition coefficient (Wildman–Crippen LogP) is 0.314. The van der Waals surface area contributed by atoms with Crippen LogP contribution in [0.4, 0.5) is 0 Å². The third kappa shape index (κ3) is 3.71. The molecule has 0 aliphatic heterocycles. The fourth-order valence-electron chi connectivity index (χ4n) is 1.27. The molecule has 0 radical (unpaired) electrons. The number of benzene rings is 1. The van der Waals surface area contributed by atoms with Gasteiger partial charge in [-0.2, -0.15) is 0 Å². The largest absolute Gasteiger partial charge is 0.481 e. The number of aliphatic carboxylic acids is 1. The quantitative estimate of drug-likeness (QED) is 0.700. The van der Waals surface area contributed by atoms with Gasteiger partial charge in [0.25, 0.3) is 0 Å². The summed E-state index contributed by atoms with van der Waals surface area (Å²) >= 11 is 0. The van der Waals surface area contributed by atoms with Gasteiger partial charge in [0.15, 0.2) is 0 Å². The van der Waals surface area contributed by atoms with Crippen LogP contribution in [0.2, 0.25) is 0 Å². The third-order valence-corrected chi connectivity index (χ3v) is 1.83. The first-order valence-electron chi connectivity index (χ1n) is 4.27. The van der Waals surface area contributed by atoms with Crippen LogP contribution in [0.1, 0.15) is 12.0 Å². The molecule has 0 aromatic heterocycles. The van der Waals surface area contributed by atoms with Crippen LogP contribution in [-0.4, -0.2) is 17.1 Å². The lowest BCUT2D eigenvalue weighted by Crippen LogP contribution is -2.62. The van der Waals surface area contributed by atoms with Crippen LogP contribution in [0, 0.1) is 0 Å². The lowest BCUT2D eigenvalue weighted by molar-refractivity contribution is -0.418. The van der Waals surface area contributed by atoms with Crippen molar-refractivity contribution in [1.29, 1.82) is 0 Å². The molecule has 0 heterocycles. The van der Waals surface area contributed by atoms with Crippen molar-refractivity contribution in [3.05, 3.63) is 35.9 Å². The molecule has 13 heavy (non-hydrogen) atoms. The maximum absolute atomic E-state index is 10.4. The molecule has 0 aliphatic rings. The second-order valence-corrected chi connectivity index (χ2v) is 3.15. The van der Waals surface area contributed by atoms with Gasteiger partial charge in [-0.05, 0) is 5.56 Å². The second-order valence-electron chi connectivity index (χ2n) is 3.15. The highest BCUT2D eigenvalue weighted by atomic mass is 16.4. The van der Waals surface area contributed by atoms with Gasteiger partial charge in [-0.3, -0.25) is 4.79 Å². The van der Waals surface area contributed by atoms with Crippen molar-refractivity contribution in [3.8, 4) is 0 Å². The number of carboxylic acid groups (broad SMARTS) is 1. The zero-order chi connectivity index (χ0) is 9.68. The minimum Gasteiger partial charge on any atom is -0.481 e. The van der Waals surface area contributed by atoms with Crippen molar-refractivity contribution in [1.82, 2.24) is 0 Å². The van der Waals surface area contributed by atoms with E-state index >= 15 is 0 Å². The summed E-state index contributed by atoms with van der Waals surface area (Å²) in [5.41, 5.74) is 4.93. The minimum absolute atomic E-state index is 0.0418. The Morgan fingerprint density at radius 1 is 1.38 bits per heavy atom. The molecule has 3 nitrogen and oxygen atoms in total. The maximum Gasteiger partial charge on any atom is 0.309 e. The highest BCUT2D eigenvalue weighted by Crippen LogP contribution is 2.02. The van der Waals surface area contributed by atoms with Crippen LogP contribution in [0.25, 0.3) is 0 Å². The highest BCUT2D eigenvalue weighted by molar-refractivity contribution is 5.67. The van der Waals surface area contributed by atoms with Gasteiger partial charge in [-0.25, -0.2) is 0 Å². The Morgan fingerprint density at radius 3 is 2.54 bits per heavy atom. The Balaban J connectivity index is 2.45. The molecule has 0 spiro atoms. The molecule has 0 bridgehead atoms. The maximum atomic E-state index is 10.4. The first kappa shape index (κ1) is 9.74. The average Bonchev–Trinajstić information content (AvgIpc) is 2.04.